The summed E-state index contributed by atoms with van der Waals surface area (Å²) in [5, 5.41) is 2.73. The number of nitrogens with one attached hydrogen (secondary N) is 1. The summed E-state index contributed by atoms with van der Waals surface area (Å²) in [5.41, 5.74) is 7.77. The molecule has 0 atom stereocenters. The van der Waals surface area contributed by atoms with Crippen molar-refractivity contribution in [2.24, 2.45) is 5.73 Å². The van der Waals surface area contributed by atoms with Crippen LogP contribution in [-0.2, 0) is 6.42 Å². The topological polar surface area (TPSA) is 75.4 Å². The van der Waals surface area contributed by atoms with Gasteiger partial charge in [-0.3, -0.25) is 4.79 Å². The first kappa shape index (κ1) is 17.8. The molecule has 2 aromatic carbocycles. The number of halogens is 1. The molecule has 0 aromatic heterocycles. The van der Waals surface area contributed by atoms with E-state index in [1.807, 2.05) is 0 Å². The maximum Gasteiger partial charge on any atom is 0.331 e. The van der Waals surface area contributed by atoms with E-state index in [0.717, 1.165) is 9.87 Å². The Bertz CT molecular complexity index is 750. The summed E-state index contributed by atoms with van der Waals surface area (Å²) in [7, 11) is 0. The molecule has 0 aliphatic heterocycles. The number of hydrogen-bond acceptors (Lipinski definition) is 3. The van der Waals surface area contributed by atoms with Crippen molar-refractivity contribution < 1.29 is 14.0 Å². The Kier molecular flexibility index (Phi) is 5.81. The highest BCUT2D eigenvalue weighted by Gasteiger charge is 2.14. The number of urea groups is 1. The number of nitrogens with zero attached hydrogens (tertiary/aromatic N) is 1. The molecule has 0 radical (unpaired) electrons. The van der Waals surface area contributed by atoms with Gasteiger partial charge in [0.1, 0.15) is 5.82 Å². The van der Waals surface area contributed by atoms with E-state index in [1.165, 1.54) is 12.1 Å². The van der Waals surface area contributed by atoms with Gasteiger partial charge in [-0.25, -0.2) is 13.5 Å². The van der Waals surface area contributed by atoms with Crippen LogP contribution >= 0.6 is 12.8 Å². The van der Waals surface area contributed by atoms with Gasteiger partial charge in [0.05, 0.1) is 5.69 Å². The van der Waals surface area contributed by atoms with Crippen molar-refractivity contribution in [2.45, 2.75) is 13.3 Å². The zero-order chi connectivity index (χ0) is 17.7. The third-order valence-corrected chi connectivity index (χ3v) is 3.93. The lowest BCUT2D eigenvalue weighted by atomic mass is 10.1. The molecule has 3 amide bonds. The second-order valence-electron chi connectivity index (χ2n) is 5.28. The molecule has 7 heteroatoms. The Labute approximate surface area is 145 Å². The molecule has 0 heterocycles. The van der Waals surface area contributed by atoms with Crippen LogP contribution in [-0.4, -0.2) is 18.5 Å². The Morgan fingerprint density at radius 3 is 2.46 bits per heavy atom. The number of benzene rings is 2. The summed E-state index contributed by atoms with van der Waals surface area (Å²) in [6.07, 6.45) is 0.577. The summed E-state index contributed by atoms with van der Waals surface area (Å²) < 4.78 is 14.0. The third-order valence-electron chi connectivity index (χ3n) is 3.52. The summed E-state index contributed by atoms with van der Waals surface area (Å²) >= 11 is 4.18. The predicted molar refractivity (Wildman–Crippen MR) is 94.7 cm³/mol. The van der Waals surface area contributed by atoms with Crippen molar-refractivity contribution in [3.63, 3.8) is 0 Å². The van der Waals surface area contributed by atoms with Crippen molar-refractivity contribution in [3.05, 3.63) is 65.0 Å². The normalized spacial score (nSPS) is 10.3. The predicted octanol–water partition coefficient (Wildman–Crippen LogP) is 2.84. The van der Waals surface area contributed by atoms with Crippen molar-refractivity contribution in [1.29, 1.82) is 0 Å². The number of hydrogen-bond donors (Lipinski definition) is 3. The van der Waals surface area contributed by atoms with Crippen molar-refractivity contribution in [3.8, 4) is 0 Å². The van der Waals surface area contributed by atoms with Crippen LogP contribution in [0.25, 0.3) is 0 Å². The van der Waals surface area contributed by atoms with Crippen LogP contribution in [0, 0.1) is 12.7 Å². The monoisotopic (exact) mass is 347 g/mol. The molecular formula is C17H18FN3O2S. The molecule has 2 rings (SSSR count). The minimum absolute atomic E-state index is 0.293. The number of amides is 3. The van der Waals surface area contributed by atoms with E-state index in [9.17, 15) is 14.0 Å². The van der Waals surface area contributed by atoms with Crippen LogP contribution in [0.3, 0.4) is 0 Å². The Hall–Kier alpha value is -2.54. The highest BCUT2D eigenvalue weighted by atomic mass is 32.1. The zero-order valence-corrected chi connectivity index (χ0v) is 14.0. The number of anilines is 1. The minimum Gasteiger partial charge on any atom is -0.366 e. The fraction of sp³-hybridized carbons (Fsp3) is 0.176. The first-order chi connectivity index (χ1) is 11.4. The highest BCUT2D eigenvalue weighted by molar-refractivity contribution is 7.82. The Balaban J connectivity index is 1.93. The summed E-state index contributed by atoms with van der Waals surface area (Å²) in [6.45, 7) is 2.12. The van der Waals surface area contributed by atoms with E-state index in [2.05, 4.69) is 18.1 Å². The molecular weight excluding hydrogens is 329 g/mol. The van der Waals surface area contributed by atoms with Gasteiger partial charge in [-0.15, -0.1) is 0 Å². The van der Waals surface area contributed by atoms with E-state index in [4.69, 9.17) is 5.73 Å². The number of rotatable bonds is 5. The molecule has 0 saturated heterocycles. The fourth-order valence-electron chi connectivity index (χ4n) is 2.21. The summed E-state index contributed by atoms with van der Waals surface area (Å²) in [6, 6.07) is 10.5. The molecule has 24 heavy (non-hydrogen) atoms. The second kappa shape index (κ2) is 7.83. The van der Waals surface area contributed by atoms with Gasteiger partial charge < -0.3 is 11.1 Å². The minimum atomic E-state index is -0.520. The van der Waals surface area contributed by atoms with Gasteiger partial charge in [-0.2, -0.15) is 0 Å². The molecule has 126 valence electrons. The number of thiol groups is 1. The van der Waals surface area contributed by atoms with Crippen LogP contribution in [0.2, 0.25) is 0 Å². The van der Waals surface area contributed by atoms with Crippen LogP contribution in [0.1, 0.15) is 21.5 Å². The van der Waals surface area contributed by atoms with Crippen LogP contribution < -0.4 is 15.4 Å². The second-order valence-corrected chi connectivity index (χ2v) is 5.68. The standard InChI is InChI=1S/C17H18FN3O2S/c1-11-10-14(6-7-15(11)16(19)22)21(24)17(23)20-9-8-12-2-4-13(18)5-3-12/h2-7,10,24H,8-9H2,1H3,(H2,19,22)(H,20,23). The van der Waals surface area contributed by atoms with E-state index in [-0.39, 0.29) is 5.82 Å². The summed E-state index contributed by atoms with van der Waals surface area (Å²) in [4.78, 5) is 23.3. The smallest absolute Gasteiger partial charge is 0.331 e. The summed E-state index contributed by atoms with van der Waals surface area (Å²) in [5.74, 6) is -0.812. The van der Waals surface area contributed by atoms with E-state index in [0.29, 0.717) is 29.8 Å². The molecule has 0 saturated carbocycles. The maximum atomic E-state index is 12.8. The maximum absolute atomic E-state index is 12.8. The van der Waals surface area contributed by atoms with Gasteiger partial charge in [0.25, 0.3) is 0 Å². The van der Waals surface area contributed by atoms with Gasteiger partial charge in [0, 0.05) is 12.1 Å². The molecule has 0 aliphatic rings. The van der Waals surface area contributed by atoms with Crippen molar-refractivity contribution in [2.75, 3.05) is 10.8 Å². The largest absolute Gasteiger partial charge is 0.366 e. The molecule has 2 aromatic rings. The van der Waals surface area contributed by atoms with Crippen molar-refractivity contribution in [1.82, 2.24) is 5.32 Å². The Morgan fingerprint density at radius 1 is 1.21 bits per heavy atom. The lowest BCUT2D eigenvalue weighted by Gasteiger charge is -2.17. The Morgan fingerprint density at radius 2 is 1.88 bits per heavy atom. The molecule has 0 unspecified atom stereocenters. The molecule has 0 aliphatic carbocycles. The zero-order valence-electron chi connectivity index (χ0n) is 13.1. The molecule has 3 N–H and O–H groups in total. The molecule has 5 nitrogen and oxygen atoms in total. The first-order valence-electron chi connectivity index (χ1n) is 7.30. The molecule has 0 spiro atoms. The van der Waals surface area contributed by atoms with Gasteiger partial charge in [-0.1, -0.05) is 24.9 Å². The SMILES string of the molecule is Cc1cc(N(S)C(=O)NCCc2ccc(F)cc2)ccc1C(N)=O. The lowest BCUT2D eigenvalue weighted by Crippen LogP contribution is -2.35. The third kappa shape index (κ3) is 4.48. The average molecular weight is 347 g/mol. The van der Waals surface area contributed by atoms with Crippen LogP contribution in [0.5, 0.6) is 0 Å². The number of carbonyl (C=O) groups is 2. The highest BCUT2D eigenvalue weighted by Crippen LogP contribution is 2.20. The van der Waals surface area contributed by atoms with Gasteiger partial charge >= 0.3 is 6.03 Å². The first-order valence-corrected chi connectivity index (χ1v) is 7.70. The number of nitrogens with two attached hydrogens (primary N) is 1. The van der Waals surface area contributed by atoms with Gasteiger partial charge in [0.15, 0.2) is 0 Å². The number of carbonyl (C=O) groups excluding carboxylic acids is 2. The van der Waals surface area contributed by atoms with E-state index >= 15 is 0 Å². The van der Waals surface area contributed by atoms with E-state index in [1.54, 1.807) is 37.3 Å². The number of aryl methyl sites for hydroxylation is 1. The van der Waals surface area contributed by atoms with Crippen LogP contribution in [0.15, 0.2) is 42.5 Å². The van der Waals surface area contributed by atoms with Gasteiger partial charge in [0.2, 0.25) is 5.91 Å². The lowest BCUT2D eigenvalue weighted by molar-refractivity contribution is 0.0999. The quantitative estimate of drug-likeness (QED) is 0.728. The fourth-order valence-corrected chi connectivity index (χ4v) is 2.41. The molecule has 0 bridgehead atoms. The van der Waals surface area contributed by atoms with Crippen molar-refractivity contribution >= 4 is 30.4 Å². The van der Waals surface area contributed by atoms with Gasteiger partial charge in [-0.05, 0) is 54.8 Å². The molecule has 0 fully saturated rings. The van der Waals surface area contributed by atoms with E-state index < -0.39 is 11.9 Å². The average Bonchev–Trinajstić information content (AvgIpc) is 2.55. The number of primary amides is 1. The van der Waals surface area contributed by atoms with Crippen LogP contribution in [0.4, 0.5) is 14.9 Å².